The molecule has 0 atom stereocenters. The number of Topliss-reactive ketones (excluding diaryl/α,β-unsaturated/α-hetero) is 1. The van der Waals surface area contributed by atoms with Gasteiger partial charge in [0.2, 0.25) is 5.69 Å². The summed E-state index contributed by atoms with van der Waals surface area (Å²) in [7, 11) is -19.6. The van der Waals surface area contributed by atoms with E-state index in [1.807, 2.05) is 56.2 Å². The summed E-state index contributed by atoms with van der Waals surface area (Å²) in [5.41, 5.74) is 2.29. The molecule has 2 aliphatic heterocycles. The van der Waals surface area contributed by atoms with Crippen molar-refractivity contribution < 1.29 is 61.3 Å². The Morgan fingerprint density at radius 3 is 1.70 bits per heavy atom. The van der Waals surface area contributed by atoms with Gasteiger partial charge in [0, 0.05) is 64.7 Å². The molecule has 326 valence electrons. The van der Waals surface area contributed by atoms with Crippen LogP contribution in [0, 0.1) is 0 Å². The number of carbonyl (C=O) groups excluding carboxylic acids is 1. The third-order valence-corrected chi connectivity index (χ3v) is 14.9. The monoisotopic (exact) mass is 915 g/mol. The fraction of sp³-hybridized carbons (Fsp3) is 0.333. The molecule has 0 aliphatic carbocycles. The number of hydrogen-bond donors (Lipinski definition) is 4. The first kappa shape index (κ1) is 45.9. The summed E-state index contributed by atoms with van der Waals surface area (Å²) in [5.74, 6) is 0.0817. The molecule has 0 bridgehead atoms. The average Bonchev–Trinajstić information content (AvgIpc) is 3.49. The Morgan fingerprint density at radius 1 is 0.656 bits per heavy atom. The van der Waals surface area contributed by atoms with Gasteiger partial charge in [-0.25, -0.2) is 0 Å². The van der Waals surface area contributed by atoms with Crippen molar-refractivity contribution in [1.29, 1.82) is 0 Å². The number of hydrogen-bond acceptors (Lipinski definition) is 10. The predicted molar refractivity (Wildman–Crippen MR) is 232 cm³/mol. The van der Waals surface area contributed by atoms with E-state index in [0.717, 1.165) is 30.0 Å². The van der Waals surface area contributed by atoms with Crippen LogP contribution in [0.25, 0.3) is 21.5 Å². The van der Waals surface area contributed by atoms with Crippen LogP contribution in [0.5, 0.6) is 0 Å². The van der Waals surface area contributed by atoms with E-state index in [2.05, 4.69) is 0 Å². The second-order valence-electron chi connectivity index (χ2n) is 16.2. The van der Waals surface area contributed by atoms with Crippen LogP contribution >= 0.6 is 0 Å². The van der Waals surface area contributed by atoms with Crippen molar-refractivity contribution in [3.05, 3.63) is 95.7 Å². The third-order valence-electron chi connectivity index (χ3n) is 11.4. The molecule has 19 heteroatoms. The zero-order chi connectivity index (χ0) is 45.2. The van der Waals surface area contributed by atoms with E-state index in [0.29, 0.717) is 54.9 Å². The van der Waals surface area contributed by atoms with Crippen LogP contribution < -0.4 is 4.90 Å². The van der Waals surface area contributed by atoms with Crippen molar-refractivity contribution in [3.63, 3.8) is 0 Å². The highest BCUT2D eigenvalue weighted by molar-refractivity contribution is 7.87. The molecule has 0 aromatic heterocycles. The summed E-state index contributed by atoms with van der Waals surface area (Å²) in [6.45, 7) is 12.0. The molecule has 4 N–H and O–H groups in total. The van der Waals surface area contributed by atoms with Crippen LogP contribution in [0.3, 0.4) is 0 Å². The number of ketones is 1. The SMILES string of the molecule is CCN1C(=CC=CC=CC2=[N+](CCCCCC(C)=O)c3ccc4c(S(=O)(=O)O)cc(S(=O)(=O)O)cc4c3C2(C)C)C(C)(C)c2c1ccc1c(S(=O)(=O)O)cc(S(=O)(=O)O)cc21. The van der Waals surface area contributed by atoms with Crippen LogP contribution in [-0.4, -0.2) is 81.0 Å². The van der Waals surface area contributed by atoms with E-state index in [1.165, 1.54) is 31.2 Å². The van der Waals surface area contributed by atoms with E-state index < -0.39 is 70.9 Å². The normalized spacial score (nSPS) is 17.4. The van der Waals surface area contributed by atoms with Crippen molar-refractivity contribution in [2.45, 2.75) is 97.6 Å². The van der Waals surface area contributed by atoms with Crippen molar-refractivity contribution >= 4 is 84.9 Å². The second kappa shape index (κ2) is 15.9. The Balaban J connectivity index is 1.44. The van der Waals surface area contributed by atoms with E-state index >= 15 is 0 Å². The molecule has 0 saturated carbocycles. The van der Waals surface area contributed by atoms with Crippen LogP contribution in [0.4, 0.5) is 11.4 Å². The standard InChI is InChI=1S/C42H46N2O13S4/c1-7-43-33-19-17-29-31(22-27(58(46,47)48)24-35(29)60(52,53)54)39(33)41(3,4)37(43)15-11-8-12-16-38-42(5,6)40-32-23-28(59(49,50)51)25-36(61(55,56)57)30(32)18-20-34(40)44(38)21-13-9-10-14-26(2)45/h8,11-12,15-20,22-25H,7,9-10,13-14,21H2,1-6H3,(H3-,46,47,48,49,50,51,52,53,54,55,56,57)/p+1. The number of nitrogens with zero attached hydrogens (tertiary/aromatic N) is 2. The van der Waals surface area contributed by atoms with Crippen LogP contribution in [0.2, 0.25) is 0 Å². The van der Waals surface area contributed by atoms with Gasteiger partial charge in [-0.2, -0.15) is 38.2 Å². The van der Waals surface area contributed by atoms with Gasteiger partial charge in [0.25, 0.3) is 40.5 Å². The maximum atomic E-state index is 12.5. The van der Waals surface area contributed by atoms with Crippen molar-refractivity contribution in [3.8, 4) is 0 Å². The molecule has 0 fully saturated rings. The van der Waals surface area contributed by atoms with Crippen molar-refractivity contribution in [1.82, 2.24) is 0 Å². The molecule has 61 heavy (non-hydrogen) atoms. The Labute approximate surface area is 355 Å². The summed E-state index contributed by atoms with van der Waals surface area (Å²) < 4.78 is 141. The van der Waals surface area contributed by atoms with Gasteiger partial charge in [-0.05, 0) is 99.3 Å². The molecule has 0 radical (unpaired) electrons. The molecule has 2 heterocycles. The van der Waals surface area contributed by atoms with Crippen LogP contribution in [0.1, 0.15) is 78.4 Å². The smallest absolute Gasteiger partial charge is 0.295 e. The molecule has 15 nitrogen and oxygen atoms in total. The molecule has 0 amide bonds. The van der Waals surface area contributed by atoms with Gasteiger partial charge in [0.1, 0.15) is 22.1 Å². The molecule has 4 aromatic carbocycles. The third kappa shape index (κ3) is 8.62. The molecule has 2 aliphatic rings. The number of likely N-dealkylation sites (N-methyl/N-ethyl adjacent to an activating group) is 1. The highest BCUT2D eigenvalue weighted by atomic mass is 32.2. The van der Waals surface area contributed by atoms with Gasteiger partial charge in [-0.3, -0.25) is 18.2 Å². The number of allylic oxidation sites excluding steroid dienone is 6. The maximum absolute atomic E-state index is 12.5. The molecule has 0 spiro atoms. The lowest BCUT2D eigenvalue weighted by Crippen LogP contribution is -2.28. The van der Waals surface area contributed by atoms with Gasteiger partial charge in [-0.15, -0.1) is 0 Å². The van der Waals surface area contributed by atoms with E-state index in [-0.39, 0.29) is 27.3 Å². The quantitative estimate of drug-likeness (QED) is 0.0420. The molecular weight excluding hydrogens is 869 g/mol. The van der Waals surface area contributed by atoms with E-state index in [4.69, 9.17) is 0 Å². The predicted octanol–water partition coefficient (Wildman–Crippen LogP) is 7.32. The minimum Gasteiger partial charge on any atom is -0.344 e. The minimum absolute atomic E-state index is 0.0664. The second-order valence-corrected chi connectivity index (χ2v) is 21.8. The van der Waals surface area contributed by atoms with Gasteiger partial charge in [0.15, 0.2) is 5.71 Å². The molecular formula is C42H47N2O13S4+. The lowest BCUT2D eigenvalue weighted by Gasteiger charge is -2.26. The van der Waals surface area contributed by atoms with Gasteiger partial charge >= 0.3 is 0 Å². The summed E-state index contributed by atoms with van der Waals surface area (Å²) >= 11 is 0. The largest absolute Gasteiger partial charge is 0.344 e. The van der Waals surface area contributed by atoms with Crippen molar-refractivity contribution in [2.24, 2.45) is 0 Å². The van der Waals surface area contributed by atoms with Crippen molar-refractivity contribution in [2.75, 3.05) is 18.0 Å². The average molecular weight is 916 g/mol. The topological polar surface area (TPSA) is 241 Å². The Hall–Kier alpha value is -4.60. The maximum Gasteiger partial charge on any atom is 0.295 e. The first-order valence-corrected chi connectivity index (χ1v) is 25.0. The number of fused-ring (bicyclic) bond motifs is 6. The first-order chi connectivity index (χ1) is 28.1. The lowest BCUT2D eigenvalue weighted by atomic mass is 9.79. The van der Waals surface area contributed by atoms with Crippen LogP contribution in [-0.2, 0) is 56.1 Å². The molecule has 6 rings (SSSR count). The summed E-state index contributed by atoms with van der Waals surface area (Å²) in [6.07, 6.45) is 11.7. The minimum atomic E-state index is -4.93. The lowest BCUT2D eigenvalue weighted by molar-refractivity contribution is -0.438. The summed E-state index contributed by atoms with van der Waals surface area (Å²) in [6, 6.07) is 10.2. The molecule has 0 saturated heterocycles. The number of benzene rings is 4. The Morgan fingerprint density at radius 2 is 1.20 bits per heavy atom. The molecule has 4 aromatic rings. The van der Waals surface area contributed by atoms with Crippen LogP contribution in [0.15, 0.2) is 104 Å². The fourth-order valence-electron chi connectivity index (χ4n) is 8.76. The van der Waals surface area contributed by atoms with Gasteiger partial charge in [0.05, 0.1) is 15.2 Å². The number of carbonyl (C=O) groups is 1. The summed E-state index contributed by atoms with van der Waals surface area (Å²) in [5, 5.41) is 0.570. The van der Waals surface area contributed by atoms with E-state index in [9.17, 15) is 56.7 Å². The zero-order valence-electron chi connectivity index (χ0n) is 34.2. The van der Waals surface area contributed by atoms with Gasteiger partial charge < -0.3 is 9.69 Å². The fourth-order valence-corrected chi connectivity index (χ4v) is 11.4. The highest BCUT2D eigenvalue weighted by Crippen LogP contribution is 2.52. The number of anilines is 1. The first-order valence-electron chi connectivity index (χ1n) is 19.2. The molecule has 0 unspecified atom stereocenters. The Bertz CT molecular complexity index is 3130. The van der Waals surface area contributed by atoms with E-state index in [1.54, 1.807) is 30.4 Å². The number of unbranched alkanes of at least 4 members (excludes halogenated alkanes) is 2. The highest BCUT2D eigenvalue weighted by Gasteiger charge is 2.46. The van der Waals surface area contributed by atoms with Gasteiger partial charge in [-0.1, -0.05) is 38.1 Å². The summed E-state index contributed by atoms with van der Waals surface area (Å²) in [4.78, 5) is 10.9. The Kier molecular flexibility index (Phi) is 12.0. The number of rotatable bonds is 14. The zero-order valence-corrected chi connectivity index (χ0v) is 37.5.